The van der Waals surface area contributed by atoms with Gasteiger partial charge in [0.1, 0.15) is 0 Å². The van der Waals surface area contributed by atoms with E-state index in [0.29, 0.717) is 5.56 Å². The summed E-state index contributed by atoms with van der Waals surface area (Å²) in [6, 6.07) is 8.57. The molecular weight excluding hydrogens is 274 g/mol. The Hall–Kier alpha value is -2.67. The summed E-state index contributed by atoms with van der Waals surface area (Å²) in [5.74, 6) is -1.17. The van der Waals surface area contributed by atoms with Crippen LogP contribution in [0.4, 0.5) is 0 Å². The second-order valence-electron chi connectivity index (χ2n) is 4.25. The number of aliphatic hydroxyl groups excluding tert-OH is 1. The van der Waals surface area contributed by atoms with Gasteiger partial charge in [0.05, 0.1) is 19.3 Å². The third-order valence-electron chi connectivity index (χ3n) is 2.83. The number of esters is 1. The second kappa shape index (κ2) is 6.67. The van der Waals surface area contributed by atoms with Gasteiger partial charge in [-0.3, -0.25) is 4.79 Å². The smallest absolute Gasteiger partial charge is 0.336 e. The minimum Gasteiger partial charge on any atom is -0.467 e. The van der Waals surface area contributed by atoms with E-state index in [4.69, 9.17) is 0 Å². The Morgan fingerprint density at radius 2 is 2.10 bits per heavy atom. The number of ether oxygens (including phenoxy) is 1. The van der Waals surface area contributed by atoms with Crippen molar-refractivity contribution in [3.8, 4) is 5.69 Å². The molecule has 0 bridgehead atoms. The summed E-state index contributed by atoms with van der Waals surface area (Å²) in [6.07, 6.45) is 2.08. The molecule has 2 aromatic rings. The molecule has 2 N–H and O–H groups in total. The lowest BCUT2D eigenvalue weighted by molar-refractivity contribution is -0.149. The fourth-order valence-corrected chi connectivity index (χ4v) is 1.70. The molecule has 110 valence electrons. The number of carbonyl (C=O) groups excluding carboxylic acids is 2. The number of aromatic nitrogens is 2. The lowest BCUT2D eigenvalue weighted by Crippen LogP contribution is -2.37. The number of hydrogen-bond donors (Lipinski definition) is 2. The standard InChI is InChI=1S/C14H15N3O4/c1-21-14(20)12(18)9-15-13(19)10-3-5-11(6-4-10)17-8-2-7-16-17/h2-8,12,18H,9H2,1H3,(H,15,19). The zero-order valence-electron chi connectivity index (χ0n) is 11.4. The molecule has 1 atom stereocenters. The number of nitrogens with zero attached hydrogens (tertiary/aromatic N) is 2. The maximum Gasteiger partial charge on any atom is 0.336 e. The van der Waals surface area contributed by atoms with Crippen molar-refractivity contribution in [1.82, 2.24) is 15.1 Å². The Kier molecular flexibility index (Phi) is 4.68. The lowest BCUT2D eigenvalue weighted by atomic mass is 10.2. The van der Waals surface area contributed by atoms with E-state index in [1.54, 1.807) is 47.4 Å². The summed E-state index contributed by atoms with van der Waals surface area (Å²) in [6.45, 7) is -0.202. The van der Waals surface area contributed by atoms with E-state index in [9.17, 15) is 14.7 Å². The predicted octanol–water partition coefficient (Wildman–Crippen LogP) is 0.136. The molecule has 0 saturated carbocycles. The summed E-state index contributed by atoms with van der Waals surface area (Å²) in [5.41, 5.74) is 1.24. The van der Waals surface area contributed by atoms with Crippen LogP contribution in [0.15, 0.2) is 42.7 Å². The number of hydrogen-bond acceptors (Lipinski definition) is 5. The van der Waals surface area contributed by atoms with E-state index in [0.717, 1.165) is 5.69 Å². The van der Waals surface area contributed by atoms with E-state index < -0.39 is 12.1 Å². The van der Waals surface area contributed by atoms with Gasteiger partial charge in [-0.2, -0.15) is 5.10 Å². The molecule has 7 heteroatoms. The normalized spacial score (nSPS) is 11.7. The number of carbonyl (C=O) groups is 2. The predicted molar refractivity (Wildman–Crippen MR) is 73.9 cm³/mol. The van der Waals surface area contributed by atoms with E-state index >= 15 is 0 Å². The Morgan fingerprint density at radius 1 is 1.38 bits per heavy atom. The molecule has 0 fully saturated rings. The van der Waals surface area contributed by atoms with Gasteiger partial charge in [-0.1, -0.05) is 0 Å². The Balaban J connectivity index is 1.96. The molecule has 0 aliphatic carbocycles. The van der Waals surface area contributed by atoms with Gasteiger partial charge in [0.15, 0.2) is 6.10 Å². The third-order valence-corrected chi connectivity index (χ3v) is 2.83. The molecule has 7 nitrogen and oxygen atoms in total. The van der Waals surface area contributed by atoms with Crippen molar-refractivity contribution in [1.29, 1.82) is 0 Å². The van der Waals surface area contributed by atoms with E-state index in [2.05, 4.69) is 15.2 Å². The highest BCUT2D eigenvalue weighted by Gasteiger charge is 2.16. The molecular formula is C14H15N3O4. The van der Waals surface area contributed by atoms with Crippen molar-refractivity contribution in [2.24, 2.45) is 0 Å². The molecule has 0 spiro atoms. The number of amides is 1. The molecule has 1 aromatic heterocycles. The molecule has 21 heavy (non-hydrogen) atoms. The van der Waals surface area contributed by atoms with E-state index in [-0.39, 0.29) is 12.5 Å². The Bertz CT molecular complexity index is 608. The first-order valence-corrected chi connectivity index (χ1v) is 6.26. The summed E-state index contributed by atoms with van der Waals surface area (Å²) in [5, 5.41) is 15.9. The molecule has 2 rings (SSSR count). The molecule has 0 aliphatic heterocycles. The highest BCUT2D eigenvalue weighted by molar-refractivity contribution is 5.94. The van der Waals surface area contributed by atoms with Gasteiger partial charge in [0.2, 0.25) is 0 Å². The van der Waals surface area contributed by atoms with Crippen molar-refractivity contribution in [2.75, 3.05) is 13.7 Å². The van der Waals surface area contributed by atoms with Crippen LogP contribution in [-0.2, 0) is 9.53 Å². The molecule has 0 radical (unpaired) electrons. The monoisotopic (exact) mass is 289 g/mol. The maximum atomic E-state index is 11.9. The van der Waals surface area contributed by atoms with Gasteiger partial charge in [-0.25, -0.2) is 9.48 Å². The van der Waals surface area contributed by atoms with Gasteiger partial charge in [-0.15, -0.1) is 0 Å². The van der Waals surface area contributed by atoms with Crippen LogP contribution in [0, 0.1) is 0 Å². The molecule has 1 aromatic carbocycles. The van der Waals surface area contributed by atoms with Crippen molar-refractivity contribution in [3.63, 3.8) is 0 Å². The van der Waals surface area contributed by atoms with Crippen molar-refractivity contribution in [2.45, 2.75) is 6.10 Å². The van der Waals surface area contributed by atoms with E-state index in [1.807, 2.05) is 0 Å². The van der Waals surface area contributed by atoms with Crippen LogP contribution < -0.4 is 5.32 Å². The van der Waals surface area contributed by atoms with Gasteiger partial charge < -0.3 is 15.2 Å². The van der Waals surface area contributed by atoms with E-state index in [1.165, 1.54) is 7.11 Å². The van der Waals surface area contributed by atoms with Gasteiger partial charge in [0.25, 0.3) is 5.91 Å². The first-order valence-electron chi connectivity index (χ1n) is 6.26. The van der Waals surface area contributed by atoms with Crippen LogP contribution in [0.25, 0.3) is 5.69 Å². The fraction of sp³-hybridized carbons (Fsp3) is 0.214. The molecule has 1 unspecified atom stereocenters. The van der Waals surface area contributed by atoms with Crippen LogP contribution in [0.3, 0.4) is 0 Å². The van der Waals surface area contributed by atoms with Crippen LogP contribution in [-0.4, -0.2) is 46.5 Å². The minimum atomic E-state index is -1.37. The number of aliphatic hydroxyl groups is 1. The number of methoxy groups -OCH3 is 1. The summed E-state index contributed by atoms with van der Waals surface area (Å²) in [4.78, 5) is 22.9. The molecule has 1 heterocycles. The van der Waals surface area contributed by atoms with Gasteiger partial charge >= 0.3 is 5.97 Å². The zero-order valence-corrected chi connectivity index (χ0v) is 11.4. The van der Waals surface area contributed by atoms with Gasteiger partial charge in [0, 0.05) is 18.0 Å². The molecule has 0 saturated heterocycles. The minimum absolute atomic E-state index is 0.202. The highest BCUT2D eigenvalue weighted by Crippen LogP contribution is 2.08. The number of nitrogens with one attached hydrogen (secondary N) is 1. The fourth-order valence-electron chi connectivity index (χ4n) is 1.70. The summed E-state index contributed by atoms with van der Waals surface area (Å²) in [7, 11) is 1.17. The van der Waals surface area contributed by atoms with Crippen molar-refractivity contribution >= 4 is 11.9 Å². The SMILES string of the molecule is COC(=O)C(O)CNC(=O)c1ccc(-n2cccn2)cc1. The van der Waals surface area contributed by atoms with Crippen molar-refractivity contribution < 1.29 is 19.4 Å². The zero-order chi connectivity index (χ0) is 15.2. The Morgan fingerprint density at radius 3 is 2.67 bits per heavy atom. The first-order chi connectivity index (χ1) is 10.1. The lowest BCUT2D eigenvalue weighted by Gasteiger charge is -2.10. The third kappa shape index (κ3) is 3.67. The first kappa shape index (κ1) is 14.7. The average molecular weight is 289 g/mol. The largest absolute Gasteiger partial charge is 0.467 e. The maximum absolute atomic E-state index is 11.9. The van der Waals surface area contributed by atoms with Crippen molar-refractivity contribution in [3.05, 3.63) is 48.3 Å². The average Bonchev–Trinajstić information content (AvgIpc) is 3.06. The molecule has 1 amide bonds. The molecule has 0 aliphatic rings. The second-order valence-corrected chi connectivity index (χ2v) is 4.25. The Labute approximate surface area is 121 Å². The topological polar surface area (TPSA) is 93.5 Å². The quantitative estimate of drug-likeness (QED) is 0.763. The number of benzene rings is 1. The van der Waals surface area contributed by atoms with Crippen LogP contribution in [0.1, 0.15) is 10.4 Å². The summed E-state index contributed by atoms with van der Waals surface area (Å²) >= 11 is 0. The van der Waals surface area contributed by atoms with Gasteiger partial charge in [-0.05, 0) is 30.3 Å². The van der Waals surface area contributed by atoms with Crippen LogP contribution >= 0.6 is 0 Å². The van der Waals surface area contributed by atoms with Crippen LogP contribution in [0.2, 0.25) is 0 Å². The number of rotatable bonds is 5. The summed E-state index contributed by atoms with van der Waals surface area (Å²) < 4.78 is 6.03. The van der Waals surface area contributed by atoms with Crippen LogP contribution in [0.5, 0.6) is 0 Å². The highest BCUT2D eigenvalue weighted by atomic mass is 16.5.